The summed E-state index contributed by atoms with van der Waals surface area (Å²) >= 11 is 0. The number of benzene rings is 1. The number of hydrogen-bond acceptors (Lipinski definition) is 9. The number of carbonyl (C=O) groups excluding carboxylic acids is 1. The number of anilines is 1. The van der Waals surface area contributed by atoms with Crippen molar-refractivity contribution < 1.29 is 23.4 Å². The molecule has 0 saturated carbocycles. The molecular formula is C41H49F2N7O3. The van der Waals surface area contributed by atoms with Crippen LogP contribution in [0.2, 0.25) is 0 Å². The first-order valence-electron chi connectivity index (χ1n) is 18.6. The van der Waals surface area contributed by atoms with Crippen molar-refractivity contribution in [2.75, 3.05) is 44.7 Å². The highest BCUT2D eigenvalue weighted by Gasteiger charge is 2.44. The van der Waals surface area contributed by atoms with Gasteiger partial charge in [-0.3, -0.25) is 19.6 Å². The number of pyridine rings is 1. The van der Waals surface area contributed by atoms with Gasteiger partial charge in [-0.25, -0.2) is 8.78 Å². The molecule has 7 rings (SSSR count). The highest BCUT2D eigenvalue weighted by molar-refractivity contribution is 5.87. The van der Waals surface area contributed by atoms with Gasteiger partial charge in [0, 0.05) is 89.2 Å². The third-order valence-electron chi connectivity index (χ3n) is 11.6. The van der Waals surface area contributed by atoms with E-state index in [0.29, 0.717) is 65.0 Å². The van der Waals surface area contributed by atoms with Crippen LogP contribution in [0.25, 0.3) is 0 Å². The summed E-state index contributed by atoms with van der Waals surface area (Å²) in [4.78, 5) is 35.1. The molecular weight excluding hydrogens is 676 g/mol. The van der Waals surface area contributed by atoms with E-state index < -0.39 is 23.1 Å². The standard InChI is InChI=1S/C41H49F2N7O3/c1-6-31-33(43)11-10-28-19-41(4,52)21-35(37(28)31)48-18-14-32-34(25-48)45-39(46-38(32)47(5)24-30-9-8-17-50(30)36(51)7-2)53-26-40(3)20-29(42)23-49(40)22-27-12-15-44-16-13-27/h1,7,10-13,15-16,29-30,35,52H,2,8-9,14,17-26H2,3-5H3/t29-,30+,35+,40+,41-/m1/s1. The smallest absolute Gasteiger partial charge is 0.318 e. The number of fused-ring (bicyclic) bond motifs is 2. The summed E-state index contributed by atoms with van der Waals surface area (Å²) in [5.41, 5.74) is 3.02. The number of halogens is 2. The molecule has 1 amide bonds. The molecule has 0 radical (unpaired) electrons. The first-order chi connectivity index (χ1) is 25.4. The van der Waals surface area contributed by atoms with E-state index in [0.717, 1.165) is 46.6 Å². The molecule has 2 aromatic heterocycles. The normalized spacial score (nSPS) is 27.2. The highest BCUT2D eigenvalue weighted by atomic mass is 19.1. The number of aliphatic hydroxyl groups is 1. The largest absolute Gasteiger partial charge is 0.461 e. The fourth-order valence-corrected chi connectivity index (χ4v) is 8.99. The van der Waals surface area contributed by atoms with E-state index in [-0.39, 0.29) is 36.2 Å². The Bertz CT molecular complexity index is 1900. The third kappa shape index (κ3) is 7.52. The number of likely N-dealkylation sites (N-methyl/N-ethyl adjacent to an activating group) is 1. The summed E-state index contributed by atoms with van der Waals surface area (Å²) in [5, 5.41) is 11.4. The van der Waals surface area contributed by atoms with Crippen molar-refractivity contribution >= 4 is 11.7 Å². The monoisotopic (exact) mass is 725 g/mol. The number of rotatable bonds is 10. The van der Waals surface area contributed by atoms with Crippen LogP contribution in [-0.4, -0.2) is 104 Å². The average Bonchev–Trinajstić information content (AvgIpc) is 3.72. The number of likely N-dealkylation sites (tertiary alicyclic amines) is 2. The van der Waals surface area contributed by atoms with Gasteiger partial charge in [-0.1, -0.05) is 18.6 Å². The van der Waals surface area contributed by atoms with E-state index in [4.69, 9.17) is 21.1 Å². The second-order valence-corrected chi connectivity index (χ2v) is 15.7. The SMILES string of the molecule is C#Cc1c(F)ccc2c1[C@@H](N1CCc3c(nc(OC[C@]4(C)C[C@@H](F)CN4Cc4ccncc4)nc3N(C)C[C@@H]3CCCN3C(=O)C=C)C1)C[C@](C)(O)C2. The van der Waals surface area contributed by atoms with Crippen LogP contribution in [0.4, 0.5) is 14.6 Å². The van der Waals surface area contributed by atoms with Gasteiger partial charge in [0.15, 0.2) is 0 Å². The first-order valence-corrected chi connectivity index (χ1v) is 18.6. The van der Waals surface area contributed by atoms with Crippen LogP contribution in [0, 0.1) is 18.2 Å². The van der Waals surface area contributed by atoms with E-state index in [2.05, 4.69) is 32.2 Å². The van der Waals surface area contributed by atoms with Gasteiger partial charge in [0.1, 0.15) is 24.4 Å². The van der Waals surface area contributed by atoms with Crippen molar-refractivity contribution in [1.29, 1.82) is 0 Å². The van der Waals surface area contributed by atoms with Crippen LogP contribution in [0.5, 0.6) is 6.01 Å². The Hall–Kier alpha value is -4.44. The molecule has 12 heteroatoms. The van der Waals surface area contributed by atoms with Gasteiger partial charge >= 0.3 is 6.01 Å². The number of ether oxygens (including phenoxy) is 1. The molecule has 0 unspecified atom stereocenters. The van der Waals surface area contributed by atoms with Crippen molar-refractivity contribution in [3.05, 3.63) is 88.6 Å². The van der Waals surface area contributed by atoms with E-state index in [1.165, 1.54) is 12.1 Å². The first kappa shape index (κ1) is 36.9. The molecule has 3 aliphatic heterocycles. The molecule has 4 aliphatic rings. The van der Waals surface area contributed by atoms with Gasteiger partial charge in [0.05, 0.1) is 22.4 Å². The number of alkyl halides is 1. The Morgan fingerprint density at radius 3 is 2.75 bits per heavy atom. The molecule has 1 aliphatic carbocycles. The van der Waals surface area contributed by atoms with Gasteiger partial charge < -0.3 is 19.6 Å². The van der Waals surface area contributed by atoms with Crippen LogP contribution in [0.15, 0.2) is 49.3 Å². The van der Waals surface area contributed by atoms with Crippen molar-refractivity contribution in [2.24, 2.45) is 0 Å². The quantitative estimate of drug-likeness (QED) is 0.234. The van der Waals surface area contributed by atoms with Crippen LogP contribution < -0.4 is 9.64 Å². The number of terminal acetylenes is 1. The number of hydrogen-bond donors (Lipinski definition) is 1. The number of aromatic nitrogens is 3. The van der Waals surface area contributed by atoms with Gasteiger partial charge in [0.25, 0.3) is 0 Å². The number of carbonyl (C=O) groups is 1. The zero-order valence-corrected chi connectivity index (χ0v) is 30.9. The summed E-state index contributed by atoms with van der Waals surface area (Å²) in [5.74, 6) is 2.79. The molecule has 2 fully saturated rings. The summed E-state index contributed by atoms with van der Waals surface area (Å²) in [6.07, 6.45) is 13.2. The molecule has 0 spiro atoms. The van der Waals surface area contributed by atoms with Gasteiger partial charge in [-0.2, -0.15) is 9.97 Å². The molecule has 2 saturated heterocycles. The lowest BCUT2D eigenvalue weighted by molar-refractivity contribution is -0.126. The second kappa shape index (κ2) is 14.8. The molecule has 5 atom stereocenters. The van der Waals surface area contributed by atoms with Crippen molar-refractivity contribution in [1.82, 2.24) is 29.7 Å². The lowest BCUT2D eigenvalue weighted by Crippen LogP contribution is -2.46. The van der Waals surface area contributed by atoms with Gasteiger partial charge in [-0.15, -0.1) is 6.42 Å². The fraction of sp³-hybridized carbons (Fsp3) is 0.512. The maximum absolute atomic E-state index is 15.1. The topological polar surface area (TPSA) is 98.2 Å². The fourth-order valence-electron chi connectivity index (χ4n) is 8.99. The van der Waals surface area contributed by atoms with Crippen LogP contribution >= 0.6 is 0 Å². The molecule has 53 heavy (non-hydrogen) atoms. The molecule has 10 nitrogen and oxygen atoms in total. The Morgan fingerprint density at radius 1 is 1.21 bits per heavy atom. The minimum Gasteiger partial charge on any atom is -0.461 e. The van der Waals surface area contributed by atoms with E-state index >= 15 is 8.78 Å². The molecule has 3 aromatic rings. The summed E-state index contributed by atoms with van der Waals surface area (Å²) < 4.78 is 36.6. The minimum atomic E-state index is -1.00. The Morgan fingerprint density at radius 2 is 2.00 bits per heavy atom. The molecule has 1 N–H and O–H groups in total. The molecule has 280 valence electrons. The summed E-state index contributed by atoms with van der Waals surface area (Å²) in [7, 11) is 1.98. The van der Waals surface area contributed by atoms with E-state index in [9.17, 15) is 9.90 Å². The van der Waals surface area contributed by atoms with Gasteiger partial charge in [0.2, 0.25) is 5.91 Å². The maximum Gasteiger partial charge on any atom is 0.318 e. The zero-order valence-electron chi connectivity index (χ0n) is 30.9. The highest BCUT2D eigenvalue weighted by Crippen LogP contribution is 2.44. The van der Waals surface area contributed by atoms with E-state index in [1.54, 1.807) is 18.5 Å². The van der Waals surface area contributed by atoms with Crippen LogP contribution in [0.1, 0.15) is 79.1 Å². The van der Waals surface area contributed by atoms with Crippen molar-refractivity contribution in [3.8, 4) is 18.4 Å². The molecule has 1 aromatic carbocycles. The van der Waals surface area contributed by atoms with Crippen LogP contribution in [0.3, 0.4) is 0 Å². The van der Waals surface area contributed by atoms with E-state index in [1.807, 2.05) is 37.9 Å². The molecule has 0 bridgehead atoms. The molecule has 5 heterocycles. The lowest BCUT2D eigenvalue weighted by Gasteiger charge is -2.44. The zero-order chi connectivity index (χ0) is 37.5. The summed E-state index contributed by atoms with van der Waals surface area (Å²) in [6, 6.07) is 6.86. The number of nitrogens with zero attached hydrogens (tertiary/aromatic N) is 7. The minimum absolute atomic E-state index is 0.000688. The predicted molar refractivity (Wildman–Crippen MR) is 198 cm³/mol. The Balaban J connectivity index is 1.21. The van der Waals surface area contributed by atoms with Crippen molar-refractivity contribution in [2.45, 2.75) is 94.9 Å². The predicted octanol–water partition coefficient (Wildman–Crippen LogP) is 4.78. The average molecular weight is 726 g/mol. The Labute approximate surface area is 310 Å². The maximum atomic E-state index is 15.1. The number of amides is 1. The van der Waals surface area contributed by atoms with Crippen LogP contribution in [-0.2, 0) is 30.7 Å². The third-order valence-corrected chi connectivity index (χ3v) is 11.6. The summed E-state index contributed by atoms with van der Waals surface area (Å²) in [6.45, 7) is 10.8. The Kier molecular flexibility index (Phi) is 10.3. The second-order valence-electron chi connectivity index (χ2n) is 15.7. The van der Waals surface area contributed by atoms with Gasteiger partial charge in [-0.05, 0) is 80.5 Å². The lowest BCUT2D eigenvalue weighted by atomic mass is 9.75. The van der Waals surface area contributed by atoms with Crippen molar-refractivity contribution in [3.63, 3.8) is 0 Å².